The Morgan fingerprint density at radius 1 is 1.07 bits per heavy atom. The van der Waals surface area contributed by atoms with Gasteiger partial charge >= 0.3 is 0 Å². The summed E-state index contributed by atoms with van der Waals surface area (Å²) in [6.45, 7) is 7.68. The summed E-state index contributed by atoms with van der Waals surface area (Å²) >= 11 is 6.07. The van der Waals surface area contributed by atoms with Crippen molar-refractivity contribution in [1.82, 2.24) is 14.8 Å². The predicted molar refractivity (Wildman–Crippen MR) is 108 cm³/mol. The zero-order chi connectivity index (χ0) is 19.4. The minimum atomic E-state index is -0.0777. The number of halogens is 1. The molecule has 0 radical (unpaired) electrons. The Hall–Kier alpha value is -2.15. The molecule has 1 saturated heterocycles. The number of hydrogen-bond donors (Lipinski definition) is 2. The molecule has 0 bridgehead atoms. The number of para-hydroxylation sites is 1. The molecule has 1 aromatic heterocycles. The van der Waals surface area contributed by atoms with Crippen molar-refractivity contribution in [2.45, 2.75) is 13.8 Å². The first-order chi connectivity index (χ1) is 12.9. The van der Waals surface area contributed by atoms with E-state index in [0.29, 0.717) is 23.8 Å². The van der Waals surface area contributed by atoms with Crippen LogP contribution in [0.2, 0.25) is 5.02 Å². The third kappa shape index (κ3) is 5.19. The number of anilines is 1. The second-order valence-corrected chi connectivity index (χ2v) is 7.40. The Labute approximate surface area is 164 Å². The molecule has 0 spiro atoms. The minimum absolute atomic E-state index is 0.0777. The van der Waals surface area contributed by atoms with Gasteiger partial charge in [-0.1, -0.05) is 23.7 Å². The van der Waals surface area contributed by atoms with Crippen molar-refractivity contribution in [3.8, 4) is 0 Å². The number of piperazine rings is 1. The van der Waals surface area contributed by atoms with Gasteiger partial charge in [0.2, 0.25) is 5.91 Å². The quantitative estimate of drug-likeness (QED) is 0.746. The number of H-pyrrole nitrogens is 1. The van der Waals surface area contributed by atoms with Gasteiger partial charge in [0.25, 0.3) is 0 Å². The number of nitrogens with one attached hydrogen (secondary N) is 2. The Bertz CT molecular complexity index is 825. The highest BCUT2D eigenvalue weighted by Crippen LogP contribution is 2.20. The molecule has 3 rings (SSSR count). The number of aromatic amines is 1. The van der Waals surface area contributed by atoms with Crippen LogP contribution in [0.5, 0.6) is 0 Å². The van der Waals surface area contributed by atoms with E-state index < -0.39 is 0 Å². The highest BCUT2D eigenvalue weighted by Gasteiger charge is 2.22. The van der Waals surface area contributed by atoms with Crippen LogP contribution in [-0.2, 0) is 4.79 Å². The van der Waals surface area contributed by atoms with E-state index >= 15 is 0 Å². The fourth-order valence-corrected chi connectivity index (χ4v) is 3.55. The molecule has 0 unspecified atom stereocenters. The zero-order valence-corrected chi connectivity index (χ0v) is 16.5. The fraction of sp³-hybridized carbons (Fsp3) is 0.400. The van der Waals surface area contributed by atoms with E-state index in [1.54, 1.807) is 12.1 Å². The molecule has 1 amide bonds. The summed E-state index contributed by atoms with van der Waals surface area (Å²) in [4.78, 5) is 32.1. The van der Waals surface area contributed by atoms with Gasteiger partial charge in [-0.15, -0.1) is 0 Å². The van der Waals surface area contributed by atoms with Crippen molar-refractivity contribution in [2.75, 3.05) is 44.6 Å². The Morgan fingerprint density at radius 2 is 1.70 bits per heavy atom. The number of Topliss-reactive ketones (excluding diaryl/α,β-unsaturated/α-hetero) is 1. The third-order valence-electron chi connectivity index (χ3n) is 4.80. The molecular formula is C20H25ClN4O2. The molecule has 1 aliphatic heterocycles. The maximum atomic E-state index is 12.5. The van der Waals surface area contributed by atoms with E-state index in [1.807, 2.05) is 32.0 Å². The predicted octanol–water partition coefficient (Wildman–Crippen LogP) is 2.72. The maximum Gasteiger partial charge on any atom is 0.238 e. The van der Waals surface area contributed by atoms with Crippen LogP contribution in [0.3, 0.4) is 0 Å². The lowest BCUT2D eigenvalue weighted by Gasteiger charge is -2.33. The minimum Gasteiger partial charge on any atom is -0.362 e. The number of benzene rings is 1. The first kappa shape index (κ1) is 19.6. The van der Waals surface area contributed by atoms with Gasteiger partial charge in [0, 0.05) is 43.1 Å². The van der Waals surface area contributed by atoms with Gasteiger partial charge in [-0.3, -0.25) is 19.4 Å². The highest BCUT2D eigenvalue weighted by atomic mass is 35.5. The van der Waals surface area contributed by atoms with Crippen LogP contribution < -0.4 is 5.32 Å². The number of aryl methyl sites for hydroxylation is 2. The lowest BCUT2D eigenvalue weighted by atomic mass is 10.1. The molecule has 2 heterocycles. The van der Waals surface area contributed by atoms with Crippen LogP contribution in [0.25, 0.3) is 0 Å². The van der Waals surface area contributed by atoms with E-state index in [2.05, 4.69) is 20.1 Å². The monoisotopic (exact) mass is 388 g/mol. The molecule has 1 fully saturated rings. The zero-order valence-electron chi connectivity index (χ0n) is 15.7. The number of rotatable bonds is 6. The van der Waals surface area contributed by atoms with Crippen molar-refractivity contribution >= 4 is 29.0 Å². The molecule has 6 nitrogen and oxygen atoms in total. The molecule has 2 N–H and O–H groups in total. The van der Waals surface area contributed by atoms with Crippen LogP contribution in [0.1, 0.15) is 21.7 Å². The van der Waals surface area contributed by atoms with Gasteiger partial charge in [-0.2, -0.15) is 0 Å². The number of aromatic nitrogens is 1. The molecule has 1 aromatic carbocycles. The van der Waals surface area contributed by atoms with Crippen molar-refractivity contribution in [1.29, 1.82) is 0 Å². The Morgan fingerprint density at radius 3 is 2.30 bits per heavy atom. The first-order valence-electron chi connectivity index (χ1n) is 9.11. The van der Waals surface area contributed by atoms with E-state index in [9.17, 15) is 9.59 Å². The molecule has 0 atom stereocenters. The van der Waals surface area contributed by atoms with Gasteiger partial charge in [-0.25, -0.2) is 0 Å². The lowest BCUT2D eigenvalue weighted by Crippen LogP contribution is -2.49. The number of carbonyl (C=O) groups is 2. The third-order valence-corrected chi connectivity index (χ3v) is 5.13. The maximum absolute atomic E-state index is 12.5. The second kappa shape index (κ2) is 8.69. The molecule has 7 heteroatoms. The second-order valence-electron chi connectivity index (χ2n) is 6.99. The summed E-state index contributed by atoms with van der Waals surface area (Å²) in [6.07, 6.45) is 0. The van der Waals surface area contributed by atoms with E-state index in [4.69, 9.17) is 11.6 Å². The highest BCUT2D eigenvalue weighted by molar-refractivity contribution is 6.33. The van der Waals surface area contributed by atoms with Gasteiger partial charge < -0.3 is 10.3 Å². The van der Waals surface area contributed by atoms with Crippen LogP contribution in [-0.4, -0.2) is 65.7 Å². The average Bonchev–Trinajstić information content (AvgIpc) is 2.97. The molecular weight excluding hydrogens is 364 g/mol. The first-order valence-corrected chi connectivity index (χ1v) is 9.48. The van der Waals surface area contributed by atoms with Gasteiger partial charge in [0.15, 0.2) is 5.78 Å². The summed E-state index contributed by atoms with van der Waals surface area (Å²) in [5.74, 6) is 0.0628. The van der Waals surface area contributed by atoms with E-state index in [-0.39, 0.29) is 11.7 Å². The summed E-state index contributed by atoms with van der Waals surface area (Å²) in [6, 6.07) is 9.11. The van der Waals surface area contributed by atoms with Crippen LogP contribution in [0.15, 0.2) is 30.3 Å². The van der Waals surface area contributed by atoms with E-state index in [0.717, 1.165) is 43.1 Å². The summed E-state index contributed by atoms with van der Waals surface area (Å²) < 4.78 is 0. The van der Waals surface area contributed by atoms with Gasteiger partial charge in [-0.05, 0) is 32.0 Å². The normalized spacial score (nSPS) is 15.7. The summed E-state index contributed by atoms with van der Waals surface area (Å²) in [5.41, 5.74) is 3.33. The van der Waals surface area contributed by atoms with E-state index in [1.165, 1.54) is 0 Å². The average molecular weight is 389 g/mol. The number of hydrogen-bond acceptors (Lipinski definition) is 4. The number of nitrogens with zero attached hydrogens (tertiary/aromatic N) is 2. The topological polar surface area (TPSA) is 68.4 Å². The van der Waals surface area contributed by atoms with Crippen molar-refractivity contribution in [2.24, 2.45) is 0 Å². The SMILES string of the molecule is Cc1cc(C(=O)CN2CCN(CC(=O)Nc3ccccc3Cl)CC2)c(C)[nH]1. The van der Waals surface area contributed by atoms with Crippen molar-refractivity contribution in [3.63, 3.8) is 0 Å². The van der Waals surface area contributed by atoms with Crippen LogP contribution in [0.4, 0.5) is 5.69 Å². The van der Waals surface area contributed by atoms with Crippen molar-refractivity contribution in [3.05, 3.63) is 52.3 Å². The van der Waals surface area contributed by atoms with Crippen LogP contribution >= 0.6 is 11.6 Å². The molecule has 2 aromatic rings. The largest absolute Gasteiger partial charge is 0.362 e. The molecule has 27 heavy (non-hydrogen) atoms. The molecule has 0 aliphatic carbocycles. The summed E-state index contributed by atoms with van der Waals surface area (Å²) in [7, 11) is 0. The van der Waals surface area contributed by atoms with Crippen LogP contribution in [0, 0.1) is 13.8 Å². The number of ketones is 1. The fourth-order valence-electron chi connectivity index (χ4n) is 3.36. The van der Waals surface area contributed by atoms with Gasteiger partial charge in [0.05, 0.1) is 23.8 Å². The smallest absolute Gasteiger partial charge is 0.238 e. The number of carbonyl (C=O) groups excluding carboxylic acids is 2. The molecule has 0 saturated carbocycles. The Kier molecular flexibility index (Phi) is 6.31. The lowest BCUT2D eigenvalue weighted by molar-refractivity contribution is -0.117. The number of amides is 1. The van der Waals surface area contributed by atoms with Crippen molar-refractivity contribution < 1.29 is 9.59 Å². The standard InChI is InChI=1S/C20H25ClN4O2/c1-14-11-16(15(2)22-14)19(26)12-24-7-9-25(10-8-24)13-20(27)23-18-6-4-3-5-17(18)21/h3-6,11,22H,7-10,12-13H2,1-2H3,(H,23,27). The Balaban J connectivity index is 1.45. The summed E-state index contributed by atoms with van der Waals surface area (Å²) in [5, 5.41) is 3.38. The molecule has 1 aliphatic rings. The van der Waals surface area contributed by atoms with Gasteiger partial charge in [0.1, 0.15) is 0 Å². The molecule has 144 valence electrons.